The summed E-state index contributed by atoms with van der Waals surface area (Å²) in [5.74, 6) is -0.616. The quantitative estimate of drug-likeness (QED) is 0.674. The van der Waals surface area contributed by atoms with Crippen LogP contribution in [0.4, 0.5) is 10.1 Å². The van der Waals surface area contributed by atoms with Crippen molar-refractivity contribution in [1.29, 1.82) is 0 Å². The van der Waals surface area contributed by atoms with Gasteiger partial charge in [-0.1, -0.05) is 18.2 Å². The standard InChI is InChI=1S/C16H14FNO2/c1-9-2-3-10(6-14(9)17)7-15-12-5-4-11(18)8-13(12)16(19)20-15/h2-6,8,15H,7,18H2,1H3. The van der Waals surface area contributed by atoms with Crippen LogP contribution in [0.5, 0.6) is 0 Å². The Morgan fingerprint density at radius 1 is 1.25 bits per heavy atom. The lowest BCUT2D eigenvalue weighted by Crippen LogP contribution is -2.03. The number of ether oxygens (including phenoxy) is 1. The molecule has 2 aromatic rings. The largest absolute Gasteiger partial charge is 0.454 e. The van der Waals surface area contributed by atoms with Gasteiger partial charge in [0.15, 0.2) is 0 Å². The molecule has 1 unspecified atom stereocenters. The van der Waals surface area contributed by atoms with Crippen LogP contribution in [0.25, 0.3) is 0 Å². The number of aryl methyl sites for hydroxylation is 1. The predicted molar refractivity (Wildman–Crippen MR) is 73.9 cm³/mol. The van der Waals surface area contributed by atoms with Crippen molar-refractivity contribution in [2.75, 3.05) is 5.73 Å². The van der Waals surface area contributed by atoms with Gasteiger partial charge in [0.1, 0.15) is 11.9 Å². The monoisotopic (exact) mass is 271 g/mol. The van der Waals surface area contributed by atoms with Crippen LogP contribution in [-0.2, 0) is 11.2 Å². The molecule has 3 rings (SSSR count). The number of fused-ring (bicyclic) bond motifs is 1. The Labute approximate surface area is 116 Å². The summed E-state index contributed by atoms with van der Waals surface area (Å²) in [5.41, 5.74) is 8.92. The first-order valence-electron chi connectivity index (χ1n) is 6.40. The minimum Gasteiger partial charge on any atom is -0.454 e. The van der Waals surface area contributed by atoms with Gasteiger partial charge in [-0.3, -0.25) is 0 Å². The van der Waals surface area contributed by atoms with Gasteiger partial charge in [0.25, 0.3) is 0 Å². The van der Waals surface area contributed by atoms with E-state index in [9.17, 15) is 9.18 Å². The molecule has 0 fully saturated rings. The van der Waals surface area contributed by atoms with Gasteiger partial charge in [0.05, 0.1) is 5.56 Å². The van der Waals surface area contributed by atoms with Crippen molar-refractivity contribution in [3.8, 4) is 0 Å². The van der Waals surface area contributed by atoms with E-state index in [-0.39, 0.29) is 17.9 Å². The summed E-state index contributed by atoms with van der Waals surface area (Å²) >= 11 is 0. The molecule has 20 heavy (non-hydrogen) atoms. The van der Waals surface area contributed by atoms with Crippen molar-refractivity contribution in [3.63, 3.8) is 0 Å². The van der Waals surface area contributed by atoms with Crippen LogP contribution in [-0.4, -0.2) is 5.97 Å². The normalized spacial score (nSPS) is 16.9. The molecule has 0 aliphatic carbocycles. The fourth-order valence-corrected chi connectivity index (χ4v) is 2.42. The van der Waals surface area contributed by atoms with E-state index < -0.39 is 0 Å². The van der Waals surface area contributed by atoms with Gasteiger partial charge in [0, 0.05) is 17.7 Å². The van der Waals surface area contributed by atoms with Crippen LogP contribution < -0.4 is 5.73 Å². The second-order valence-electron chi connectivity index (χ2n) is 5.03. The number of carbonyl (C=O) groups is 1. The molecule has 2 aromatic carbocycles. The van der Waals surface area contributed by atoms with E-state index in [2.05, 4.69) is 0 Å². The molecule has 4 heteroatoms. The number of carbonyl (C=O) groups excluding carboxylic acids is 1. The molecule has 3 nitrogen and oxygen atoms in total. The molecule has 102 valence electrons. The third kappa shape index (κ3) is 2.13. The SMILES string of the molecule is Cc1ccc(CC2OC(=O)c3cc(N)ccc32)cc1F. The van der Waals surface area contributed by atoms with Crippen molar-refractivity contribution in [2.45, 2.75) is 19.4 Å². The number of cyclic esters (lactones) is 1. The van der Waals surface area contributed by atoms with Crippen LogP contribution in [0.1, 0.15) is 33.2 Å². The van der Waals surface area contributed by atoms with Crippen LogP contribution in [0.2, 0.25) is 0 Å². The molecular weight excluding hydrogens is 257 g/mol. The number of halogens is 1. The van der Waals surface area contributed by atoms with Crippen LogP contribution >= 0.6 is 0 Å². The van der Waals surface area contributed by atoms with Crippen molar-refractivity contribution >= 4 is 11.7 Å². The molecule has 0 saturated carbocycles. The summed E-state index contributed by atoms with van der Waals surface area (Å²) in [6, 6.07) is 10.2. The number of benzene rings is 2. The van der Waals surface area contributed by atoms with Gasteiger partial charge in [-0.25, -0.2) is 9.18 Å². The maximum absolute atomic E-state index is 13.6. The smallest absolute Gasteiger partial charge is 0.339 e. The van der Waals surface area contributed by atoms with Gasteiger partial charge in [0.2, 0.25) is 0 Å². The van der Waals surface area contributed by atoms with Crippen LogP contribution in [0, 0.1) is 12.7 Å². The fraction of sp³-hybridized carbons (Fsp3) is 0.188. The van der Waals surface area contributed by atoms with Crippen LogP contribution in [0.15, 0.2) is 36.4 Å². The summed E-state index contributed by atoms with van der Waals surface area (Å²) in [6.45, 7) is 1.72. The van der Waals surface area contributed by atoms with Gasteiger partial charge >= 0.3 is 5.97 Å². The number of rotatable bonds is 2. The number of nitrogens with two attached hydrogens (primary N) is 1. The second kappa shape index (κ2) is 4.63. The number of hydrogen-bond acceptors (Lipinski definition) is 3. The zero-order valence-electron chi connectivity index (χ0n) is 11.0. The van der Waals surface area contributed by atoms with Crippen molar-refractivity contribution in [3.05, 3.63) is 64.5 Å². The Balaban J connectivity index is 1.90. The molecule has 0 radical (unpaired) electrons. The molecular formula is C16H14FNO2. The van der Waals surface area contributed by atoms with E-state index in [0.717, 1.165) is 11.1 Å². The average Bonchev–Trinajstić information content (AvgIpc) is 2.70. The summed E-state index contributed by atoms with van der Waals surface area (Å²) in [5, 5.41) is 0. The topological polar surface area (TPSA) is 52.3 Å². The number of nitrogen functional groups attached to an aromatic ring is 1. The van der Waals surface area contributed by atoms with E-state index in [1.165, 1.54) is 6.07 Å². The third-order valence-electron chi connectivity index (χ3n) is 3.55. The minimum atomic E-state index is -0.375. The van der Waals surface area contributed by atoms with E-state index >= 15 is 0 Å². The summed E-state index contributed by atoms with van der Waals surface area (Å²) in [4.78, 5) is 11.8. The number of hydrogen-bond donors (Lipinski definition) is 1. The molecule has 1 atom stereocenters. The zero-order chi connectivity index (χ0) is 14.3. The first-order valence-corrected chi connectivity index (χ1v) is 6.40. The lowest BCUT2D eigenvalue weighted by Gasteiger charge is -2.11. The minimum absolute atomic E-state index is 0.246. The summed E-state index contributed by atoms with van der Waals surface area (Å²) in [6.07, 6.45) is 0.0834. The number of anilines is 1. The highest BCUT2D eigenvalue weighted by Crippen LogP contribution is 2.34. The number of esters is 1. The Hall–Kier alpha value is -2.36. The molecule has 1 heterocycles. The van der Waals surface area contributed by atoms with Crippen molar-refractivity contribution in [2.24, 2.45) is 0 Å². The molecule has 0 amide bonds. The van der Waals surface area contributed by atoms with E-state index in [4.69, 9.17) is 10.5 Å². The Kier molecular flexibility index (Phi) is 2.93. The highest BCUT2D eigenvalue weighted by Gasteiger charge is 2.31. The van der Waals surface area contributed by atoms with E-state index in [1.54, 1.807) is 31.2 Å². The molecule has 0 saturated heterocycles. The maximum atomic E-state index is 13.6. The molecule has 0 bridgehead atoms. The second-order valence-corrected chi connectivity index (χ2v) is 5.03. The Bertz CT molecular complexity index is 697. The summed E-state index contributed by atoms with van der Waals surface area (Å²) in [7, 11) is 0. The van der Waals surface area contributed by atoms with Gasteiger partial charge in [-0.15, -0.1) is 0 Å². The summed E-state index contributed by atoms with van der Waals surface area (Å²) < 4.78 is 18.9. The molecule has 1 aliphatic rings. The highest BCUT2D eigenvalue weighted by atomic mass is 19.1. The van der Waals surface area contributed by atoms with Crippen LogP contribution in [0.3, 0.4) is 0 Å². The lowest BCUT2D eigenvalue weighted by atomic mass is 9.98. The molecule has 0 aromatic heterocycles. The molecule has 0 spiro atoms. The molecule has 2 N–H and O–H groups in total. The Morgan fingerprint density at radius 3 is 2.80 bits per heavy atom. The first-order chi connectivity index (χ1) is 9.54. The third-order valence-corrected chi connectivity index (χ3v) is 3.55. The van der Waals surface area contributed by atoms with Gasteiger partial charge in [-0.05, 0) is 36.2 Å². The average molecular weight is 271 g/mol. The van der Waals surface area contributed by atoms with Crippen molar-refractivity contribution < 1.29 is 13.9 Å². The maximum Gasteiger partial charge on any atom is 0.339 e. The van der Waals surface area contributed by atoms with Gasteiger partial charge in [-0.2, -0.15) is 0 Å². The fourth-order valence-electron chi connectivity index (χ4n) is 2.42. The van der Waals surface area contributed by atoms with Crippen molar-refractivity contribution in [1.82, 2.24) is 0 Å². The first kappa shape index (κ1) is 12.7. The zero-order valence-corrected chi connectivity index (χ0v) is 11.0. The Morgan fingerprint density at radius 2 is 2.05 bits per heavy atom. The lowest BCUT2D eigenvalue weighted by molar-refractivity contribution is 0.0387. The van der Waals surface area contributed by atoms with E-state index in [1.807, 2.05) is 6.07 Å². The molecule has 1 aliphatic heterocycles. The van der Waals surface area contributed by atoms with Gasteiger partial charge < -0.3 is 10.5 Å². The highest BCUT2D eigenvalue weighted by molar-refractivity contribution is 5.95. The van der Waals surface area contributed by atoms with E-state index in [0.29, 0.717) is 23.2 Å². The predicted octanol–water partition coefficient (Wildman–Crippen LogP) is 3.17.